The summed E-state index contributed by atoms with van der Waals surface area (Å²) < 4.78 is 31.8. The van der Waals surface area contributed by atoms with Gasteiger partial charge in [0.1, 0.15) is 5.75 Å². The van der Waals surface area contributed by atoms with Crippen LogP contribution < -0.4 is 10.1 Å². The summed E-state index contributed by atoms with van der Waals surface area (Å²) in [6, 6.07) is 4.08. The summed E-state index contributed by atoms with van der Waals surface area (Å²) in [6.07, 6.45) is 1.02. The average molecular weight is 384 g/mol. The van der Waals surface area contributed by atoms with Gasteiger partial charge in [0, 0.05) is 19.6 Å². The molecule has 0 spiro atoms. The Morgan fingerprint density at radius 3 is 2.35 bits per heavy atom. The van der Waals surface area contributed by atoms with E-state index in [4.69, 9.17) is 4.74 Å². The molecule has 1 aromatic carbocycles. The van der Waals surface area contributed by atoms with Gasteiger partial charge >= 0.3 is 5.97 Å². The molecule has 0 bridgehead atoms. The van der Waals surface area contributed by atoms with Crippen LogP contribution in [0, 0.1) is 5.41 Å². The van der Waals surface area contributed by atoms with E-state index in [1.807, 2.05) is 0 Å². The second-order valence-corrected chi connectivity index (χ2v) is 8.16. The first-order valence-electron chi connectivity index (χ1n) is 8.41. The molecule has 9 heteroatoms. The number of benzene rings is 1. The number of hydrogen-bond donors (Lipinski definition) is 2. The molecule has 1 aliphatic carbocycles. The summed E-state index contributed by atoms with van der Waals surface area (Å²) in [6.45, 7) is 4.09. The first-order valence-corrected chi connectivity index (χ1v) is 9.85. The van der Waals surface area contributed by atoms with E-state index in [0.29, 0.717) is 25.9 Å². The first-order chi connectivity index (χ1) is 12.2. The quantitative estimate of drug-likeness (QED) is 0.664. The van der Waals surface area contributed by atoms with Crippen molar-refractivity contribution in [3.05, 3.63) is 23.8 Å². The van der Waals surface area contributed by atoms with Gasteiger partial charge in [0.25, 0.3) is 5.91 Å². The first kappa shape index (κ1) is 20.2. The Balaban J connectivity index is 2.29. The largest absolute Gasteiger partial charge is 0.496 e. The number of aliphatic carboxylic acids is 1. The molecule has 1 fully saturated rings. The summed E-state index contributed by atoms with van der Waals surface area (Å²) in [5, 5.41) is 11.8. The standard InChI is InChI=1S/C17H24N2O6S/c1-4-19(5-2)26(23,24)12-6-7-14(25-3)13(10-12)15(20)18-11-17(8-9-17)16(21)22/h6-7,10H,4-5,8-9,11H2,1-3H3,(H,18,20)(H,21,22). The molecule has 0 unspecified atom stereocenters. The highest BCUT2D eigenvalue weighted by Crippen LogP contribution is 2.45. The van der Waals surface area contributed by atoms with Gasteiger partial charge in [-0.15, -0.1) is 0 Å². The van der Waals surface area contributed by atoms with Gasteiger partial charge in [-0.05, 0) is 31.0 Å². The van der Waals surface area contributed by atoms with Crippen molar-refractivity contribution >= 4 is 21.9 Å². The van der Waals surface area contributed by atoms with Gasteiger partial charge in [0.05, 0.1) is 23.0 Å². The van der Waals surface area contributed by atoms with Gasteiger partial charge in [-0.1, -0.05) is 13.8 Å². The maximum Gasteiger partial charge on any atom is 0.311 e. The lowest BCUT2D eigenvalue weighted by atomic mass is 10.1. The lowest BCUT2D eigenvalue weighted by Crippen LogP contribution is -2.34. The molecule has 0 saturated heterocycles. The van der Waals surface area contributed by atoms with E-state index in [2.05, 4.69) is 5.32 Å². The van der Waals surface area contributed by atoms with Crippen molar-refractivity contribution in [3.8, 4) is 5.75 Å². The van der Waals surface area contributed by atoms with Crippen molar-refractivity contribution in [1.82, 2.24) is 9.62 Å². The number of nitrogens with zero attached hydrogens (tertiary/aromatic N) is 1. The fourth-order valence-electron chi connectivity index (χ4n) is 2.70. The predicted molar refractivity (Wildman–Crippen MR) is 94.7 cm³/mol. The third-order valence-corrected chi connectivity index (χ3v) is 6.70. The van der Waals surface area contributed by atoms with Crippen LogP contribution in [0.1, 0.15) is 37.0 Å². The second-order valence-electron chi connectivity index (χ2n) is 6.22. The fourth-order valence-corrected chi connectivity index (χ4v) is 4.18. The smallest absolute Gasteiger partial charge is 0.311 e. The number of hydrogen-bond acceptors (Lipinski definition) is 5. The van der Waals surface area contributed by atoms with Gasteiger partial charge < -0.3 is 15.2 Å². The summed E-state index contributed by atoms with van der Waals surface area (Å²) in [5.41, 5.74) is -0.852. The molecule has 144 valence electrons. The highest BCUT2D eigenvalue weighted by Gasteiger charge is 2.50. The fraction of sp³-hybridized carbons (Fsp3) is 0.529. The van der Waals surface area contributed by atoms with Gasteiger partial charge in [0.2, 0.25) is 10.0 Å². The molecule has 2 rings (SSSR count). The van der Waals surface area contributed by atoms with Crippen molar-refractivity contribution in [2.45, 2.75) is 31.6 Å². The summed E-state index contributed by atoms with van der Waals surface area (Å²) in [4.78, 5) is 23.7. The number of carboxylic acids is 1. The molecule has 1 saturated carbocycles. The minimum atomic E-state index is -3.72. The van der Waals surface area contributed by atoms with Crippen LogP contribution in [0.25, 0.3) is 0 Å². The van der Waals surface area contributed by atoms with Crippen LogP contribution in [-0.2, 0) is 14.8 Å². The number of carbonyl (C=O) groups is 2. The van der Waals surface area contributed by atoms with Crippen molar-refractivity contribution < 1.29 is 27.9 Å². The maximum atomic E-state index is 12.7. The highest BCUT2D eigenvalue weighted by molar-refractivity contribution is 7.89. The molecule has 2 N–H and O–H groups in total. The van der Waals surface area contributed by atoms with Crippen LogP contribution in [0.4, 0.5) is 0 Å². The monoisotopic (exact) mass is 384 g/mol. The van der Waals surface area contributed by atoms with Crippen molar-refractivity contribution in [3.63, 3.8) is 0 Å². The number of rotatable bonds is 9. The Kier molecular flexibility index (Phi) is 5.92. The molecule has 8 nitrogen and oxygen atoms in total. The van der Waals surface area contributed by atoms with E-state index in [0.717, 1.165) is 0 Å². The number of ether oxygens (including phenoxy) is 1. The highest BCUT2D eigenvalue weighted by atomic mass is 32.2. The number of carboxylic acid groups (broad SMARTS) is 1. The second kappa shape index (κ2) is 7.63. The molecule has 0 radical (unpaired) electrons. The molecule has 0 heterocycles. The summed E-state index contributed by atoms with van der Waals surface area (Å²) in [7, 11) is -2.34. The third kappa shape index (κ3) is 3.83. The van der Waals surface area contributed by atoms with Crippen LogP contribution in [0.2, 0.25) is 0 Å². The molecular formula is C17H24N2O6S. The van der Waals surface area contributed by atoms with Crippen LogP contribution in [0.15, 0.2) is 23.1 Å². The normalized spacial score (nSPS) is 15.5. The maximum absolute atomic E-state index is 12.7. The summed E-state index contributed by atoms with van der Waals surface area (Å²) in [5.74, 6) is -1.28. The van der Waals surface area contributed by atoms with Crippen LogP contribution in [0.5, 0.6) is 5.75 Å². The number of sulfonamides is 1. The van der Waals surface area contributed by atoms with E-state index in [1.165, 1.54) is 29.6 Å². The van der Waals surface area contributed by atoms with Crippen LogP contribution >= 0.6 is 0 Å². The van der Waals surface area contributed by atoms with Crippen LogP contribution in [0.3, 0.4) is 0 Å². The van der Waals surface area contributed by atoms with Gasteiger partial charge in [0.15, 0.2) is 0 Å². The number of amides is 1. The Hall–Kier alpha value is -2.13. The molecule has 0 aromatic heterocycles. The molecule has 0 atom stereocenters. The summed E-state index contributed by atoms with van der Waals surface area (Å²) >= 11 is 0. The zero-order valence-electron chi connectivity index (χ0n) is 15.1. The Bertz CT molecular complexity index is 797. The Morgan fingerprint density at radius 2 is 1.88 bits per heavy atom. The molecular weight excluding hydrogens is 360 g/mol. The predicted octanol–water partition coefficient (Wildman–Crippen LogP) is 1.32. The Labute approximate surface area is 153 Å². The lowest BCUT2D eigenvalue weighted by Gasteiger charge is -2.19. The number of carbonyl (C=O) groups excluding carboxylic acids is 1. The van der Waals surface area contributed by atoms with Gasteiger partial charge in [-0.2, -0.15) is 4.31 Å². The SMILES string of the molecule is CCN(CC)S(=O)(=O)c1ccc(OC)c(C(=O)NCC2(C(=O)O)CC2)c1. The topological polar surface area (TPSA) is 113 Å². The van der Waals surface area contributed by atoms with E-state index < -0.39 is 27.3 Å². The zero-order valence-corrected chi connectivity index (χ0v) is 15.9. The van der Waals surface area contributed by atoms with Crippen molar-refractivity contribution in [2.75, 3.05) is 26.7 Å². The molecule has 1 aliphatic rings. The zero-order chi connectivity index (χ0) is 19.5. The van der Waals surface area contributed by atoms with Gasteiger partial charge in [-0.3, -0.25) is 9.59 Å². The van der Waals surface area contributed by atoms with Crippen molar-refractivity contribution in [2.24, 2.45) is 5.41 Å². The minimum Gasteiger partial charge on any atom is -0.496 e. The van der Waals surface area contributed by atoms with Gasteiger partial charge in [-0.25, -0.2) is 8.42 Å². The van der Waals surface area contributed by atoms with E-state index in [9.17, 15) is 23.1 Å². The van der Waals surface area contributed by atoms with E-state index >= 15 is 0 Å². The van der Waals surface area contributed by atoms with E-state index in [-0.39, 0.29) is 22.8 Å². The molecule has 1 aromatic rings. The molecule has 0 aliphatic heterocycles. The minimum absolute atomic E-state index is 0.00264. The lowest BCUT2D eigenvalue weighted by molar-refractivity contribution is -0.143. The van der Waals surface area contributed by atoms with E-state index in [1.54, 1.807) is 13.8 Å². The average Bonchev–Trinajstić information content (AvgIpc) is 3.41. The number of methoxy groups -OCH3 is 1. The third-order valence-electron chi connectivity index (χ3n) is 4.65. The van der Waals surface area contributed by atoms with Crippen molar-refractivity contribution in [1.29, 1.82) is 0 Å². The Morgan fingerprint density at radius 1 is 1.27 bits per heavy atom. The van der Waals surface area contributed by atoms with Crippen LogP contribution in [-0.4, -0.2) is 56.5 Å². The number of nitrogens with one attached hydrogen (secondary N) is 1. The molecule has 1 amide bonds. The molecule has 26 heavy (non-hydrogen) atoms.